The van der Waals surface area contributed by atoms with Gasteiger partial charge in [0.1, 0.15) is 0 Å². The molecular weight excluding hydrogens is 348 g/mol. The molecule has 3 aromatic rings. The molecule has 0 unspecified atom stereocenters. The molecule has 4 nitrogen and oxygen atoms in total. The molecule has 3 rings (SSSR count). The first kappa shape index (κ1) is 14.1. The second-order valence-corrected chi connectivity index (χ2v) is 6.17. The van der Waals surface area contributed by atoms with Crippen LogP contribution in [0.5, 0.6) is 0 Å². The minimum Gasteiger partial charge on any atom is -0.354 e. The normalized spacial score (nSPS) is 10.7. The number of nitriles is 1. The van der Waals surface area contributed by atoms with Gasteiger partial charge in [0.25, 0.3) is 0 Å². The Bertz CT molecular complexity index is 815. The van der Waals surface area contributed by atoms with E-state index in [2.05, 4.69) is 31.3 Å². The number of halogens is 1. The van der Waals surface area contributed by atoms with Crippen LogP contribution in [0.4, 0.5) is 5.82 Å². The number of benzene rings is 1. The Morgan fingerprint density at radius 3 is 3.10 bits per heavy atom. The topological polar surface area (TPSA) is 44.3 Å². The number of hydrogen-bond donors (Lipinski definition) is 0. The average Bonchev–Trinajstić information content (AvgIpc) is 3.07. The van der Waals surface area contributed by atoms with E-state index in [9.17, 15) is 0 Å². The summed E-state index contributed by atoms with van der Waals surface area (Å²) in [4.78, 5) is 7.81. The van der Waals surface area contributed by atoms with Crippen LogP contribution in [0.2, 0.25) is 0 Å². The van der Waals surface area contributed by atoms with Crippen LogP contribution in [0, 0.1) is 11.3 Å². The van der Waals surface area contributed by atoms with Crippen LogP contribution in [0.3, 0.4) is 0 Å². The van der Waals surface area contributed by atoms with E-state index >= 15 is 0 Å². The molecule has 0 atom stereocenters. The zero-order valence-corrected chi connectivity index (χ0v) is 13.9. The van der Waals surface area contributed by atoms with Gasteiger partial charge in [0, 0.05) is 30.5 Å². The highest BCUT2D eigenvalue weighted by Gasteiger charge is 2.15. The molecule has 0 radical (unpaired) electrons. The van der Waals surface area contributed by atoms with Crippen molar-refractivity contribution in [2.24, 2.45) is 0 Å². The van der Waals surface area contributed by atoms with E-state index in [1.807, 2.05) is 42.9 Å². The van der Waals surface area contributed by atoms with Gasteiger partial charge in [-0.25, -0.2) is 4.98 Å². The molecule has 0 aliphatic heterocycles. The third kappa shape index (κ3) is 2.67. The minimum absolute atomic E-state index is 0.687. The number of anilines is 1. The SMILES string of the molecule is CN(Cc1cccc(C#N)c1)c1nc2sccn2c1CBr. The van der Waals surface area contributed by atoms with Gasteiger partial charge in [0.2, 0.25) is 0 Å². The summed E-state index contributed by atoms with van der Waals surface area (Å²) in [6, 6.07) is 9.86. The summed E-state index contributed by atoms with van der Waals surface area (Å²) in [5.74, 6) is 0.973. The smallest absolute Gasteiger partial charge is 0.195 e. The Morgan fingerprint density at radius 2 is 2.33 bits per heavy atom. The maximum Gasteiger partial charge on any atom is 0.195 e. The first-order valence-electron chi connectivity index (χ1n) is 6.43. The van der Waals surface area contributed by atoms with Gasteiger partial charge in [-0.3, -0.25) is 4.40 Å². The van der Waals surface area contributed by atoms with Gasteiger partial charge in [0.05, 0.1) is 17.3 Å². The van der Waals surface area contributed by atoms with Crippen LogP contribution in [0.1, 0.15) is 16.8 Å². The lowest BCUT2D eigenvalue weighted by Gasteiger charge is -2.18. The highest BCUT2D eigenvalue weighted by atomic mass is 79.9. The van der Waals surface area contributed by atoms with Crippen molar-refractivity contribution in [1.82, 2.24) is 9.38 Å². The number of hydrogen-bond acceptors (Lipinski definition) is 4. The number of thiazole rings is 1. The Morgan fingerprint density at radius 1 is 1.48 bits per heavy atom. The summed E-state index contributed by atoms with van der Waals surface area (Å²) in [5.41, 5.74) is 2.94. The molecule has 0 fully saturated rings. The van der Waals surface area contributed by atoms with Gasteiger partial charge >= 0.3 is 0 Å². The lowest BCUT2D eigenvalue weighted by atomic mass is 10.1. The lowest BCUT2D eigenvalue weighted by Crippen LogP contribution is -2.18. The summed E-state index contributed by atoms with van der Waals surface area (Å²) < 4.78 is 2.11. The summed E-state index contributed by atoms with van der Waals surface area (Å²) in [6.07, 6.45) is 2.04. The monoisotopic (exact) mass is 360 g/mol. The van der Waals surface area contributed by atoms with Crippen molar-refractivity contribution >= 4 is 38.0 Å². The molecule has 106 valence electrons. The fourth-order valence-corrected chi connectivity index (χ4v) is 3.59. The molecule has 0 N–H and O–H groups in total. The van der Waals surface area contributed by atoms with Crippen molar-refractivity contribution in [3.63, 3.8) is 0 Å². The predicted molar refractivity (Wildman–Crippen MR) is 89.0 cm³/mol. The molecule has 6 heteroatoms. The largest absolute Gasteiger partial charge is 0.354 e. The summed E-state index contributed by atoms with van der Waals surface area (Å²) in [6.45, 7) is 0.723. The number of aromatic nitrogens is 2. The van der Waals surface area contributed by atoms with Crippen molar-refractivity contribution in [1.29, 1.82) is 5.26 Å². The van der Waals surface area contributed by atoms with Crippen LogP contribution in [0.25, 0.3) is 4.96 Å². The molecule has 1 aromatic carbocycles. The van der Waals surface area contributed by atoms with E-state index in [0.717, 1.165) is 33.9 Å². The number of rotatable bonds is 4. The van der Waals surface area contributed by atoms with E-state index in [1.165, 1.54) is 0 Å². The molecule has 0 saturated heterocycles. The molecular formula is C15H13BrN4S. The Kier molecular flexibility index (Phi) is 3.95. The molecule has 21 heavy (non-hydrogen) atoms. The third-order valence-electron chi connectivity index (χ3n) is 3.30. The van der Waals surface area contributed by atoms with E-state index in [1.54, 1.807) is 11.3 Å². The van der Waals surface area contributed by atoms with Crippen molar-refractivity contribution in [3.8, 4) is 6.07 Å². The molecule has 0 bridgehead atoms. The highest BCUT2D eigenvalue weighted by molar-refractivity contribution is 9.08. The van der Waals surface area contributed by atoms with Crippen LogP contribution in [-0.4, -0.2) is 16.4 Å². The molecule has 0 spiro atoms. The summed E-state index contributed by atoms with van der Waals surface area (Å²) in [5, 5.41) is 11.8. The number of imidazole rings is 1. The van der Waals surface area contributed by atoms with Crippen molar-refractivity contribution in [3.05, 3.63) is 52.7 Å². The maximum atomic E-state index is 8.98. The van der Waals surface area contributed by atoms with Gasteiger partial charge in [0.15, 0.2) is 10.8 Å². The Balaban J connectivity index is 1.91. The zero-order chi connectivity index (χ0) is 14.8. The van der Waals surface area contributed by atoms with Gasteiger partial charge in [-0.15, -0.1) is 11.3 Å². The fourth-order valence-electron chi connectivity index (χ4n) is 2.34. The summed E-state index contributed by atoms with van der Waals surface area (Å²) in [7, 11) is 2.03. The van der Waals surface area contributed by atoms with Crippen molar-refractivity contribution < 1.29 is 0 Å². The molecule has 0 amide bonds. The molecule has 2 heterocycles. The number of nitrogens with zero attached hydrogens (tertiary/aromatic N) is 4. The van der Waals surface area contributed by atoms with Crippen LogP contribution in [0.15, 0.2) is 35.8 Å². The predicted octanol–water partition coefficient (Wildman–Crippen LogP) is 3.80. The molecule has 0 aliphatic carbocycles. The molecule has 0 saturated carbocycles. The van der Waals surface area contributed by atoms with Gasteiger partial charge in [-0.1, -0.05) is 28.1 Å². The van der Waals surface area contributed by atoms with Crippen LogP contribution in [-0.2, 0) is 11.9 Å². The van der Waals surface area contributed by atoms with Crippen LogP contribution >= 0.6 is 27.3 Å². The quantitative estimate of drug-likeness (QED) is 0.664. The molecule has 2 aromatic heterocycles. The number of alkyl halides is 1. The fraction of sp³-hybridized carbons (Fsp3) is 0.200. The average molecular weight is 361 g/mol. The van der Waals surface area contributed by atoms with Gasteiger partial charge in [-0.2, -0.15) is 5.26 Å². The van der Waals surface area contributed by atoms with E-state index in [4.69, 9.17) is 10.2 Å². The first-order valence-corrected chi connectivity index (χ1v) is 8.43. The van der Waals surface area contributed by atoms with E-state index < -0.39 is 0 Å². The van der Waals surface area contributed by atoms with Gasteiger partial charge in [-0.05, 0) is 17.7 Å². The van der Waals surface area contributed by atoms with Gasteiger partial charge < -0.3 is 4.90 Å². The second kappa shape index (κ2) is 5.88. The zero-order valence-electron chi connectivity index (χ0n) is 11.5. The Labute approximate surface area is 135 Å². The Hall–Kier alpha value is -1.84. The van der Waals surface area contributed by atoms with Crippen molar-refractivity contribution in [2.75, 3.05) is 11.9 Å². The first-order chi connectivity index (χ1) is 10.2. The highest BCUT2D eigenvalue weighted by Crippen LogP contribution is 2.26. The third-order valence-corrected chi connectivity index (χ3v) is 4.59. The number of fused-ring (bicyclic) bond motifs is 1. The van der Waals surface area contributed by atoms with Crippen molar-refractivity contribution in [2.45, 2.75) is 11.9 Å². The molecule has 0 aliphatic rings. The standard InChI is InChI=1S/C15H13BrN4S/c1-19(10-12-4-2-3-11(7-12)9-17)14-13(8-16)20-5-6-21-15(20)18-14/h2-7H,8,10H2,1H3. The maximum absolute atomic E-state index is 8.98. The minimum atomic E-state index is 0.687. The van der Waals surface area contributed by atoms with E-state index in [0.29, 0.717) is 5.56 Å². The lowest BCUT2D eigenvalue weighted by molar-refractivity contribution is 0.895. The van der Waals surface area contributed by atoms with Crippen LogP contribution < -0.4 is 4.90 Å². The van der Waals surface area contributed by atoms with E-state index in [-0.39, 0.29) is 0 Å². The second-order valence-electron chi connectivity index (χ2n) is 4.74. The summed E-state index contributed by atoms with van der Waals surface area (Å²) >= 11 is 5.17.